The molecule has 1 amide bonds. The summed E-state index contributed by atoms with van der Waals surface area (Å²) in [4.78, 5) is 28.2. The second kappa shape index (κ2) is 10.4. The molecule has 5 N–H and O–H groups in total. The number of phenols is 2. The summed E-state index contributed by atoms with van der Waals surface area (Å²) in [5.74, 6) is -0.909. The number of ether oxygens (including phenoxy) is 2. The van der Waals surface area contributed by atoms with Crippen LogP contribution in [0.3, 0.4) is 0 Å². The molecule has 10 nitrogen and oxygen atoms in total. The SMILES string of the molecule is CO[C@@]12CC[C@@H](N[C@H](C(=O)N[C@@H](Cc3ccc(O)cc3)C(=O)O)C(C)C)[C@@H]3Oc4c(O)ccc5c4[C@@]31CCN(C)[C@@H]2C5. The maximum Gasteiger partial charge on any atom is 0.326 e. The molecule has 7 atom stereocenters. The van der Waals surface area contributed by atoms with E-state index in [-0.39, 0.29) is 47.9 Å². The number of hydrogen-bond acceptors (Lipinski definition) is 8. The number of carboxylic acid groups (broad SMARTS) is 1. The molecule has 2 heterocycles. The van der Waals surface area contributed by atoms with Crippen molar-refractivity contribution in [1.82, 2.24) is 15.5 Å². The summed E-state index contributed by atoms with van der Waals surface area (Å²) in [6.45, 7) is 4.74. The van der Waals surface area contributed by atoms with Gasteiger partial charge >= 0.3 is 5.97 Å². The highest BCUT2D eigenvalue weighted by atomic mass is 16.5. The Bertz CT molecular complexity index is 1380. The number of hydrogen-bond donors (Lipinski definition) is 5. The number of rotatable bonds is 9. The van der Waals surface area contributed by atoms with Crippen LogP contribution in [0.1, 0.15) is 49.8 Å². The van der Waals surface area contributed by atoms with Crippen molar-refractivity contribution in [3.63, 3.8) is 0 Å². The molecule has 2 aromatic rings. The van der Waals surface area contributed by atoms with Gasteiger partial charge in [-0.1, -0.05) is 32.0 Å². The van der Waals surface area contributed by atoms with Crippen LogP contribution in [0, 0.1) is 5.92 Å². The first-order valence-corrected chi connectivity index (χ1v) is 14.9. The number of piperidine rings is 1. The van der Waals surface area contributed by atoms with Crippen LogP contribution < -0.4 is 15.4 Å². The van der Waals surface area contributed by atoms with Gasteiger partial charge in [-0.05, 0) is 74.5 Å². The van der Waals surface area contributed by atoms with Crippen molar-refractivity contribution in [2.24, 2.45) is 5.92 Å². The van der Waals surface area contributed by atoms with Gasteiger partial charge in [-0.15, -0.1) is 0 Å². The summed E-state index contributed by atoms with van der Waals surface area (Å²) in [6.07, 6.45) is 2.79. The number of nitrogens with one attached hydrogen (secondary N) is 2. The van der Waals surface area contributed by atoms with E-state index in [9.17, 15) is 24.9 Å². The molecule has 1 spiro atoms. The molecule has 1 saturated carbocycles. The van der Waals surface area contributed by atoms with Crippen LogP contribution in [0.4, 0.5) is 0 Å². The normalized spacial score (nSPS) is 30.7. The van der Waals surface area contributed by atoms with Gasteiger partial charge < -0.3 is 35.0 Å². The van der Waals surface area contributed by atoms with Gasteiger partial charge in [0.05, 0.1) is 17.1 Å². The van der Waals surface area contributed by atoms with Crippen molar-refractivity contribution < 1.29 is 34.4 Å². The Kier molecular flexibility index (Phi) is 7.14. The largest absolute Gasteiger partial charge is 0.508 e. The predicted molar refractivity (Wildman–Crippen MR) is 155 cm³/mol. The maximum absolute atomic E-state index is 13.7. The zero-order chi connectivity index (χ0) is 30.0. The third kappa shape index (κ3) is 4.18. The molecule has 0 unspecified atom stereocenters. The quantitative estimate of drug-likeness (QED) is 0.303. The van der Waals surface area contributed by atoms with Crippen molar-refractivity contribution in [3.8, 4) is 17.2 Å². The lowest BCUT2D eigenvalue weighted by atomic mass is 9.48. The Labute approximate surface area is 246 Å². The number of aromatic hydroxyl groups is 2. The number of benzene rings is 2. The van der Waals surface area contributed by atoms with Gasteiger partial charge in [0.15, 0.2) is 11.5 Å². The molecule has 1 saturated heterocycles. The first-order chi connectivity index (χ1) is 20.0. The summed E-state index contributed by atoms with van der Waals surface area (Å²) >= 11 is 0. The standard InChI is InChI=1S/C32H41N3O7/c1-17(2)26(29(38)34-22(30(39)40)15-18-5-8-20(36)9-6-18)33-21-11-12-32(41-4)24-16-19-7-10-23(37)27-25(19)31(32,28(21)42-27)13-14-35(24)3/h5-10,17,21-22,24,26,28,33,36-37H,11-16H2,1-4H3,(H,34,38)(H,39,40)/t21-,22+,24-,26+,28+,31+,32-/m1/s1. The highest BCUT2D eigenvalue weighted by molar-refractivity contribution is 5.87. The second-order valence-corrected chi connectivity index (χ2v) is 12.8. The van der Waals surface area contributed by atoms with E-state index in [1.54, 1.807) is 25.3 Å². The minimum Gasteiger partial charge on any atom is -0.508 e. The van der Waals surface area contributed by atoms with Crippen molar-refractivity contribution in [2.45, 2.75) is 87.2 Å². The average molecular weight is 580 g/mol. The third-order valence-corrected chi connectivity index (χ3v) is 10.4. The summed E-state index contributed by atoms with van der Waals surface area (Å²) in [5, 5.41) is 36.8. The van der Waals surface area contributed by atoms with Gasteiger partial charge in [-0.3, -0.25) is 10.1 Å². The fraction of sp³-hybridized carbons (Fsp3) is 0.562. The Hall–Kier alpha value is -3.34. The van der Waals surface area contributed by atoms with Gasteiger partial charge in [0.25, 0.3) is 0 Å². The van der Waals surface area contributed by atoms with Gasteiger partial charge in [0.2, 0.25) is 5.91 Å². The maximum atomic E-state index is 13.7. The minimum absolute atomic E-state index is 0.0903. The third-order valence-electron chi connectivity index (χ3n) is 10.4. The van der Waals surface area contributed by atoms with Crippen LogP contribution in [-0.4, -0.2) is 88.7 Å². The van der Waals surface area contributed by atoms with E-state index in [0.29, 0.717) is 17.7 Å². The van der Waals surface area contributed by atoms with Gasteiger partial charge in [0, 0.05) is 31.2 Å². The molecule has 2 aliphatic heterocycles. The molecular formula is C32H41N3O7. The number of methoxy groups -OCH3 is 1. The van der Waals surface area contributed by atoms with E-state index >= 15 is 0 Å². The van der Waals surface area contributed by atoms with E-state index in [4.69, 9.17) is 9.47 Å². The highest BCUT2D eigenvalue weighted by Crippen LogP contribution is 2.66. The van der Waals surface area contributed by atoms with Crippen molar-refractivity contribution in [2.75, 3.05) is 20.7 Å². The zero-order valence-electron chi connectivity index (χ0n) is 24.6. The van der Waals surface area contributed by atoms with E-state index < -0.39 is 29.1 Å². The number of carbonyl (C=O) groups excluding carboxylic acids is 1. The van der Waals surface area contributed by atoms with Crippen LogP contribution in [0.15, 0.2) is 36.4 Å². The topological polar surface area (TPSA) is 141 Å². The molecule has 2 bridgehead atoms. The molecule has 2 fully saturated rings. The lowest BCUT2D eigenvalue weighted by molar-refractivity contribution is -0.204. The van der Waals surface area contributed by atoms with E-state index in [1.807, 2.05) is 19.9 Å². The van der Waals surface area contributed by atoms with E-state index in [1.165, 1.54) is 17.7 Å². The van der Waals surface area contributed by atoms with Crippen LogP contribution in [0.2, 0.25) is 0 Å². The Morgan fingerprint density at radius 1 is 1.14 bits per heavy atom. The summed E-state index contributed by atoms with van der Waals surface area (Å²) in [7, 11) is 3.94. The average Bonchev–Trinajstić information content (AvgIpc) is 3.32. The number of likely N-dealkylation sites (tertiary alicyclic amines) is 1. The lowest BCUT2D eigenvalue weighted by Crippen LogP contribution is -2.78. The molecule has 6 rings (SSSR count). The molecule has 0 aromatic heterocycles. The number of aliphatic carboxylic acids is 1. The van der Waals surface area contributed by atoms with Gasteiger partial charge in [-0.25, -0.2) is 4.79 Å². The molecule has 2 aromatic carbocycles. The number of amides is 1. The fourth-order valence-corrected chi connectivity index (χ4v) is 8.44. The lowest BCUT2D eigenvalue weighted by Gasteiger charge is -2.65. The van der Waals surface area contributed by atoms with Crippen LogP contribution in [0.25, 0.3) is 0 Å². The molecule has 2 aliphatic carbocycles. The summed E-state index contributed by atoms with van der Waals surface area (Å²) in [5.41, 5.74) is 1.93. The van der Waals surface area contributed by atoms with E-state index in [0.717, 1.165) is 31.4 Å². The number of nitrogens with zero attached hydrogens (tertiary/aromatic N) is 1. The van der Waals surface area contributed by atoms with Crippen molar-refractivity contribution >= 4 is 11.9 Å². The Morgan fingerprint density at radius 3 is 2.55 bits per heavy atom. The van der Waals surface area contributed by atoms with Crippen molar-refractivity contribution in [1.29, 1.82) is 0 Å². The predicted octanol–water partition coefficient (Wildman–Crippen LogP) is 2.33. The number of carboxylic acids is 1. The molecule has 0 radical (unpaired) electrons. The first kappa shape index (κ1) is 28.8. The molecule has 42 heavy (non-hydrogen) atoms. The van der Waals surface area contributed by atoms with Crippen LogP contribution in [0.5, 0.6) is 17.2 Å². The minimum atomic E-state index is -1.13. The Balaban J connectivity index is 1.29. The number of likely N-dealkylation sites (N-methyl/N-ethyl adjacent to an activating group) is 1. The van der Waals surface area contributed by atoms with Crippen molar-refractivity contribution in [3.05, 3.63) is 53.1 Å². The van der Waals surface area contributed by atoms with Crippen LogP contribution >= 0.6 is 0 Å². The molecule has 4 aliphatic rings. The fourth-order valence-electron chi connectivity index (χ4n) is 8.44. The molecular weight excluding hydrogens is 538 g/mol. The summed E-state index contributed by atoms with van der Waals surface area (Å²) in [6, 6.07) is 8.15. The molecule has 226 valence electrons. The van der Waals surface area contributed by atoms with Gasteiger partial charge in [-0.2, -0.15) is 0 Å². The second-order valence-electron chi connectivity index (χ2n) is 12.8. The zero-order valence-corrected chi connectivity index (χ0v) is 24.6. The molecule has 10 heteroatoms. The number of carbonyl (C=O) groups is 2. The van der Waals surface area contributed by atoms with E-state index in [2.05, 4.69) is 22.6 Å². The highest BCUT2D eigenvalue weighted by Gasteiger charge is 2.73. The summed E-state index contributed by atoms with van der Waals surface area (Å²) < 4.78 is 13.2. The van der Waals surface area contributed by atoms with Gasteiger partial charge in [0.1, 0.15) is 17.9 Å². The smallest absolute Gasteiger partial charge is 0.326 e. The monoisotopic (exact) mass is 579 g/mol. The Morgan fingerprint density at radius 2 is 1.88 bits per heavy atom. The number of phenolic OH excluding ortho intramolecular Hbond substituents is 2. The van der Waals surface area contributed by atoms with Crippen LogP contribution in [-0.2, 0) is 32.6 Å². The first-order valence-electron chi connectivity index (χ1n) is 14.9.